The van der Waals surface area contributed by atoms with E-state index in [9.17, 15) is 62.4 Å². The summed E-state index contributed by atoms with van der Waals surface area (Å²) in [5, 5.41) is 47.8. The summed E-state index contributed by atoms with van der Waals surface area (Å²) in [7, 11) is 0. The highest BCUT2D eigenvalue weighted by Crippen LogP contribution is 2.37. The topological polar surface area (TPSA) is 289 Å². The summed E-state index contributed by atoms with van der Waals surface area (Å²) in [6, 6.07) is 19.2. The minimum absolute atomic E-state index is 0.00259. The third-order valence-corrected chi connectivity index (χ3v) is 14.5. The zero-order valence-corrected chi connectivity index (χ0v) is 49.5. The lowest BCUT2D eigenvalue weighted by atomic mass is 10.0. The number of amides is 2. The maximum Gasteiger partial charge on any atom is 0.417 e. The molecule has 24 nitrogen and oxygen atoms in total. The molecule has 4 aromatic rings. The molecule has 2 fully saturated rings. The highest BCUT2D eigenvalue weighted by Gasteiger charge is 2.39. The van der Waals surface area contributed by atoms with E-state index < -0.39 is 47.1 Å². The summed E-state index contributed by atoms with van der Waals surface area (Å²) in [6.45, 7) is 9.95. The Hall–Kier alpha value is -7.82. The first-order chi connectivity index (χ1) is 41.7. The third-order valence-electron chi connectivity index (χ3n) is 14.5. The number of aromatic carboxylic acids is 1. The minimum atomic E-state index is -4.77. The molecule has 7 N–H and O–H groups in total. The Bertz CT molecular complexity index is 2890. The molecule has 1 aromatic heterocycles. The van der Waals surface area contributed by atoms with E-state index in [0.717, 1.165) is 17.3 Å². The van der Waals surface area contributed by atoms with Crippen molar-refractivity contribution in [2.45, 2.75) is 52.4 Å². The van der Waals surface area contributed by atoms with Crippen LogP contribution in [0.2, 0.25) is 0 Å². The van der Waals surface area contributed by atoms with Gasteiger partial charge < -0.3 is 65.1 Å². The fourth-order valence-corrected chi connectivity index (χ4v) is 10.3. The number of para-hydroxylation sites is 1. The lowest BCUT2D eigenvalue weighted by molar-refractivity contribution is -0.140. The van der Waals surface area contributed by atoms with Crippen LogP contribution >= 0.6 is 0 Å². The number of nitrogens with one attached hydrogen (secondary N) is 3. The number of nitrogens with zero attached hydrogens (tertiary/aromatic N) is 7. The Balaban J connectivity index is 0.996. The predicted molar refractivity (Wildman–Crippen MR) is 317 cm³/mol. The van der Waals surface area contributed by atoms with Crippen LogP contribution in [0, 0.1) is 0 Å². The summed E-state index contributed by atoms with van der Waals surface area (Å²) < 4.78 is 65.9. The molecule has 2 saturated heterocycles. The number of benzene rings is 3. The standard InChI is InChI=1S/C60H81F3N10O14/c1-4-44-37-72(58(81)47-13-12-45(85-5-2)35-49(47)60(61,62)63)27-28-73(44)52-15-14-50(48-10-7-8-11-53(48)86-6-3)67-51(52)36-64-16-9-29-87-46-33-42(59(82)83)32-43(34-46)65-17-30-84-31-18-66-54(74)38-68-19-21-69(39-55(75)76)23-25-71(41-57(79)80)26-24-70(22-20-68)40-56(77)78/h7-8,10-15,32-35,44,64-65H,4-6,9,16-31,36-41H2,1-3H3,(H,66,74)(H,75,76)(H,77,78)(H,79,80)(H,82,83)/t44-/m1/s1. The van der Waals surface area contributed by atoms with E-state index in [-0.39, 0.29) is 141 Å². The number of aliphatic carboxylic acids is 3. The van der Waals surface area contributed by atoms with Crippen LogP contribution < -0.4 is 35.1 Å². The summed E-state index contributed by atoms with van der Waals surface area (Å²) in [5.74, 6) is -4.31. The minimum Gasteiger partial charge on any atom is -0.494 e. The number of carboxylic acid groups (broad SMARTS) is 4. The Labute approximate surface area is 504 Å². The average Bonchev–Trinajstić information content (AvgIpc) is 2.17. The number of carboxylic acids is 4. The molecule has 27 heteroatoms. The Morgan fingerprint density at radius 3 is 1.86 bits per heavy atom. The number of carbonyl (C=O) groups excluding carboxylic acids is 2. The third kappa shape index (κ3) is 22.1. The Morgan fingerprint density at radius 1 is 0.644 bits per heavy atom. The number of rotatable bonds is 31. The molecule has 1 atom stereocenters. The second kappa shape index (κ2) is 34.5. The molecule has 6 rings (SSSR count). The maximum atomic E-state index is 14.3. The van der Waals surface area contributed by atoms with Gasteiger partial charge in [-0.05, 0) is 87.8 Å². The Morgan fingerprint density at radius 2 is 1.26 bits per heavy atom. The number of halogens is 3. The zero-order chi connectivity index (χ0) is 62.9. The van der Waals surface area contributed by atoms with Crippen molar-refractivity contribution in [3.05, 3.63) is 95.2 Å². The van der Waals surface area contributed by atoms with Gasteiger partial charge in [-0.25, -0.2) is 9.78 Å². The number of piperazine rings is 1. The smallest absolute Gasteiger partial charge is 0.417 e. The molecule has 0 unspecified atom stereocenters. The first kappa shape index (κ1) is 68.3. The van der Waals surface area contributed by atoms with E-state index in [2.05, 4.69) is 20.9 Å². The summed E-state index contributed by atoms with van der Waals surface area (Å²) in [4.78, 5) is 89.5. The van der Waals surface area contributed by atoms with Gasteiger partial charge in [0.1, 0.15) is 17.2 Å². The van der Waals surface area contributed by atoms with Gasteiger partial charge in [-0.2, -0.15) is 13.2 Å². The van der Waals surface area contributed by atoms with Gasteiger partial charge in [-0.3, -0.25) is 43.6 Å². The number of alkyl halides is 3. The normalized spacial score (nSPS) is 16.1. The molecule has 2 aliphatic rings. The van der Waals surface area contributed by atoms with Crippen molar-refractivity contribution in [2.24, 2.45) is 0 Å². The monoisotopic (exact) mass is 1220 g/mol. The maximum absolute atomic E-state index is 14.3. The molecule has 2 aliphatic heterocycles. The number of ether oxygens (including phenoxy) is 4. The first-order valence-corrected chi connectivity index (χ1v) is 29.2. The van der Waals surface area contributed by atoms with Crippen LogP contribution in [0.15, 0.2) is 72.8 Å². The van der Waals surface area contributed by atoms with Crippen LogP contribution in [0.5, 0.6) is 17.2 Å². The molecule has 476 valence electrons. The fraction of sp³-hybridized carbons (Fsp3) is 0.517. The van der Waals surface area contributed by atoms with Gasteiger partial charge in [-0.15, -0.1) is 0 Å². The van der Waals surface area contributed by atoms with Gasteiger partial charge in [0.15, 0.2) is 0 Å². The second-order valence-corrected chi connectivity index (χ2v) is 20.8. The summed E-state index contributed by atoms with van der Waals surface area (Å²) in [5.41, 5.74) is 1.99. The van der Waals surface area contributed by atoms with Gasteiger partial charge in [0.05, 0.1) is 93.0 Å². The van der Waals surface area contributed by atoms with Crippen molar-refractivity contribution in [1.29, 1.82) is 0 Å². The van der Waals surface area contributed by atoms with Crippen LogP contribution in [0.3, 0.4) is 0 Å². The van der Waals surface area contributed by atoms with Crippen molar-refractivity contribution in [3.63, 3.8) is 0 Å². The molecule has 2 amide bonds. The van der Waals surface area contributed by atoms with Crippen LogP contribution in [-0.4, -0.2) is 242 Å². The molecule has 0 radical (unpaired) electrons. The summed E-state index contributed by atoms with van der Waals surface area (Å²) in [6.07, 6.45) is -3.67. The highest BCUT2D eigenvalue weighted by molar-refractivity contribution is 5.96. The molecule has 3 heterocycles. The zero-order valence-electron chi connectivity index (χ0n) is 49.5. The van der Waals surface area contributed by atoms with Gasteiger partial charge in [0.25, 0.3) is 5.91 Å². The van der Waals surface area contributed by atoms with Crippen molar-refractivity contribution in [1.82, 2.24) is 40.1 Å². The molecule has 0 aliphatic carbocycles. The molecule has 0 bridgehead atoms. The van der Waals surface area contributed by atoms with Crippen molar-refractivity contribution in [3.8, 4) is 28.5 Å². The Kier molecular flexibility index (Phi) is 27.1. The van der Waals surface area contributed by atoms with E-state index in [1.807, 2.05) is 55.1 Å². The van der Waals surface area contributed by atoms with E-state index >= 15 is 0 Å². The number of hydrogen-bond donors (Lipinski definition) is 7. The fourth-order valence-electron chi connectivity index (χ4n) is 10.3. The molecular weight excluding hydrogens is 1140 g/mol. The van der Waals surface area contributed by atoms with Crippen molar-refractivity contribution in [2.75, 3.05) is 161 Å². The largest absolute Gasteiger partial charge is 0.494 e. The summed E-state index contributed by atoms with van der Waals surface area (Å²) >= 11 is 0. The first-order valence-electron chi connectivity index (χ1n) is 29.2. The quantitative estimate of drug-likeness (QED) is 0.0339. The van der Waals surface area contributed by atoms with E-state index in [4.69, 9.17) is 23.9 Å². The number of anilines is 2. The lowest BCUT2D eigenvalue weighted by Gasteiger charge is -2.43. The lowest BCUT2D eigenvalue weighted by Crippen LogP contribution is -2.55. The van der Waals surface area contributed by atoms with Crippen molar-refractivity contribution < 1.29 is 81.3 Å². The number of pyridine rings is 1. The van der Waals surface area contributed by atoms with E-state index in [1.54, 1.807) is 27.7 Å². The van der Waals surface area contributed by atoms with E-state index in [1.165, 1.54) is 29.2 Å². The molecule has 87 heavy (non-hydrogen) atoms. The molecule has 3 aromatic carbocycles. The van der Waals surface area contributed by atoms with Gasteiger partial charge in [-0.1, -0.05) is 19.1 Å². The van der Waals surface area contributed by atoms with Gasteiger partial charge in [0, 0.05) is 115 Å². The molecule has 0 spiro atoms. The number of hydrogen-bond acceptors (Lipinski definition) is 18. The van der Waals surface area contributed by atoms with Gasteiger partial charge >= 0.3 is 30.1 Å². The highest BCUT2D eigenvalue weighted by atomic mass is 19.4. The molecular formula is C60H81F3N10O14. The van der Waals surface area contributed by atoms with Crippen molar-refractivity contribution >= 4 is 47.1 Å². The van der Waals surface area contributed by atoms with Crippen LogP contribution in [0.4, 0.5) is 24.5 Å². The SMILES string of the molecule is CCOc1ccc(C(=O)N2CCN(c3ccc(-c4ccccc4OCC)nc3CNCCCOc3cc(NCCOCCNC(=O)CN4CCN(CC(=O)O)CCN(CC(=O)O)CCN(CC(=O)O)CC4)cc(C(=O)O)c3)[C@H](CC)C2)c(C(F)(F)F)c1. The van der Waals surface area contributed by atoms with E-state index in [0.29, 0.717) is 80.7 Å². The average molecular weight is 1220 g/mol. The second-order valence-electron chi connectivity index (χ2n) is 20.8. The van der Waals surface area contributed by atoms with Crippen LogP contribution in [0.1, 0.15) is 65.6 Å². The van der Waals surface area contributed by atoms with Gasteiger partial charge in [0.2, 0.25) is 5.91 Å². The number of carbonyl (C=O) groups is 6. The predicted octanol–water partition coefficient (Wildman–Crippen LogP) is 4.58. The number of aromatic nitrogens is 1. The van der Waals surface area contributed by atoms with Crippen LogP contribution in [-0.2, 0) is 36.6 Å². The molecule has 0 saturated carbocycles. The van der Waals surface area contributed by atoms with Crippen LogP contribution in [0.25, 0.3) is 11.3 Å².